The fourth-order valence-corrected chi connectivity index (χ4v) is 5.10. The van der Waals surface area contributed by atoms with Crippen LogP contribution in [0.2, 0.25) is 5.02 Å². The van der Waals surface area contributed by atoms with E-state index >= 15 is 0 Å². The molecule has 0 saturated heterocycles. The van der Waals surface area contributed by atoms with Gasteiger partial charge < -0.3 is 18.6 Å². The van der Waals surface area contributed by atoms with E-state index in [4.69, 9.17) is 45.4 Å². The SMILES string of the molecule is COc1ccc(-c2nc3c4c(ncn3n2)Oc2c(c(C)nn2-c2ccc(Cl)cc2)[C@@H]4c2ccco2)cc1OC. The number of methoxy groups -OCH3 is 2. The van der Waals surface area contributed by atoms with Gasteiger partial charge in [-0.25, -0.2) is 19.2 Å². The normalized spacial score (nSPS) is 14.1. The Balaban J connectivity index is 1.43. The van der Waals surface area contributed by atoms with Crippen molar-refractivity contribution in [2.24, 2.45) is 0 Å². The van der Waals surface area contributed by atoms with Crippen LogP contribution in [0.1, 0.15) is 28.5 Å². The highest BCUT2D eigenvalue weighted by Crippen LogP contribution is 2.50. The van der Waals surface area contributed by atoms with Crippen LogP contribution in [0.15, 0.2) is 71.6 Å². The first-order valence-electron chi connectivity index (χ1n) is 12.1. The highest BCUT2D eigenvalue weighted by Gasteiger charge is 2.39. The summed E-state index contributed by atoms with van der Waals surface area (Å²) in [5.41, 5.74) is 4.55. The number of furan rings is 1. The van der Waals surface area contributed by atoms with Gasteiger partial charge in [-0.2, -0.15) is 5.10 Å². The van der Waals surface area contributed by atoms with Gasteiger partial charge in [0.05, 0.1) is 48.9 Å². The van der Waals surface area contributed by atoms with Gasteiger partial charge in [-0.1, -0.05) is 11.6 Å². The lowest BCUT2D eigenvalue weighted by Crippen LogP contribution is -2.15. The van der Waals surface area contributed by atoms with Gasteiger partial charge in [0, 0.05) is 10.6 Å². The molecular formula is C28H21ClN6O4. The maximum atomic E-state index is 6.43. The number of rotatable bonds is 5. The number of fused-ring (bicyclic) bond motifs is 4. The molecule has 39 heavy (non-hydrogen) atoms. The lowest BCUT2D eigenvalue weighted by atomic mass is 9.88. The van der Waals surface area contributed by atoms with Crippen molar-refractivity contribution in [3.05, 3.63) is 94.8 Å². The third-order valence-corrected chi connectivity index (χ3v) is 7.01. The van der Waals surface area contributed by atoms with E-state index in [0.29, 0.717) is 45.5 Å². The molecule has 5 heterocycles. The summed E-state index contributed by atoms with van der Waals surface area (Å²) in [4.78, 5) is 9.54. The molecule has 1 atom stereocenters. The van der Waals surface area contributed by atoms with Crippen molar-refractivity contribution in [3.63, 3.8) is 0 Å². The van der Waals surface area contributed by atoms with Crippen LogP contribution in [0, 0.1) is 6.92 Å². The Morgan fingerprint density at radius 1 is 0.949 bits per heavy atom. The van der Waals surface area contributed by atoms with E-state index in [1.807, 2.05) is 61.5 Å². The standard InChI is InChI=1S/C28H21ClN6O4/c1-15-22-23(20-5-4-12-38-20)24-26-31-25(16-6-11-19(36-2)21(13-16)37-3)33-34(26)14-30-27(24)39-28(22)35(32-15)18-9-7-17(29)8-10-18/h4-14,23H,1-3H3/t23-/m0/s1. The molecule has 0 amide bonds. The quantitative estimate of drug-likeness (QED) is 0.268. The van der Waals surface area contributed by atoms with Crippen molar-refractivity contribution in [3.8, 4) is 40.3 Å². The summed E-state index contributed by atoms with van der Waals surface area (Å²) in [7, 11) is 3.19. The molecule has 0 radical (unpaired) electrons. The van der Waals surface area contributed by atoms with Crippen LogP contribution in [0.5, 0.6) is 23.3 Å². The Kier molecular flexibility index (Phi) is 5.31. The molecule has 0 saturated carbocycles. The maximum Gasteiger partial charge on any atom is 0.230 e. The number of benzene rings is 2. The molecule has 7 rings (SSSR count). The monoisotopic (exact) mass is 540 g/mol. The molecule has 2 aromatic carbocycles. The summed E-state index contributed by atoms with van der Waals surface area (Å²) in [6.07, 6.45) is 3.24. The predicted molar refractivity (Wildman–Crippen MR) is 142 cm³/mol. The summed E-state index contributed by atoms with van der Waals surface area (Å²) in [5.74, 6) is 3.00. The molecule has 0 bridgehead atoms. The minimum absolute atomic E-state index is 0.376. The first kappa shape index (κ1) is 23.3. The molecule has 1 aliphatic heterocycles. The Morgan fingerprint density at radius 3 is 2.51 bits per heavy atom. The molecule has 4 aromatic heterocycles. The van der Waals surface area contributed by atoms with Crippen LogP contribution >= 0.6 is 11.6 Å². The second-order valence-electron chi connectivity index (χ2n) is 8.98. The molecule has 0 N–H and O–H groups in total. The molecule has 0 unspecified atom stereocenters. The predicted octanol–water partition coefficient (Wildman–Crippen LogP) is 5.83. The fourth-order valence-electron chi connectivity index (χ4n) is 4.97. The van der Waals surface area contributed by atoms with E-state index < -0.39 is 0 Å². The van der Waals surface area contributed by atoms with Crippen molar-refractivity contribution in [1.82, 2.24) is 29.4 Å². The van der Waals surface area contributed by atoms with Gasteiger partial charge in [-0.15, -0.1) is 5.10 Å². The summed E-state index contributed by atoms with van der Waals surface area (Å²) in [5, 5.41) is 10.2. The van der Waals surface area contributed by atoms with Gasteiger partial charge >= 0.3 is 0 Å². The highest BCUT2D eigenvalue weighted by atomic mass is 35.5. The Hall–Kier alpha value is -4.83. The number of ether oxygens (including phenoxy) is 3. The molecule has 1 aliphatic rings. The number of aryl methyl sites for hydroxylation is 1. The van der Waals surface area contributed by atoms with Crippen molar-refractivity contribution >= 4 is 17.2 Å². The van der Waals surface area contributed by atoms with E-state index in [9.17, 15) is 0 Å². The fraction of sp³-hybridized carbons (Fsp3) is 0.143. The smallest absolute Gasteiger partial charge is 0.230 e. The van der Waals surface area contributed by atoms with E-state index in [-0.39, 0.29) is 5.92 Å². The zero-order chi connectivity index (χ0) is 26.7. The lowest BCUT2D eigenvalue weighted by molar-refractivity contribution is 0.355. The molecule has 10 nitrogen and oxygen atoms in total. The average molecular weight is 541 g/mol. The summed E-state index contributed by atoms with van der Waals surface area (Å²) in [6, 6.07) is 16.7. The van der Waals surface area contributed by atoms with E-state index in [0.717, 1.165) is 28.1 Å². The van der Waals surface area contributed by atoms with Gasteiger partial charge in [0.1, 0.15) is 12.1 Å². The second-order valence-corrected chi connectivity index (χ2v) is 9.42. The van der Waals surface area contributed by atoms with E-state index in [1.165, 1.54) is 0 Å². The molecule has 194 valence electrons. The third kappa shape index (κ3) is 3.63. The van der Waals surface area contributed by atoms with E-state index in [2.05, 4.69) is 4.98 Å². The minimum atomic E-state index is -0.376. The molecule has 0 aliphatic carbocycles. The van der Waals surface area contributed by atoms with Crippen molar-refractivity contribution in [2.75, 3.05) is 14.2 Å². The Labute approximate surface area is 227 Å². The second kappa shape index (κ2) is 8.88. The number of aromatic nitrogens is 6. The zero-order valence-corrected chi connectivity index (χ0v) is 21.9. The van der Waals surface area contributed by atoms with Crippen molar-refractivity contribution in [1.29, 1.82) is 0 Å². The Morgan fingerprint density at radius 2 is 1.77 bits per heavy atom. The van der Waals surface area contributed by atoms with E-state index in [1.54, 1.807) is 36.0 Å². The Bertz CT molecular complexity index is 1840. The third-order valence-electron chi connectivity index (χ3n) is 6.76. The first-order chi connectivity index (χ1) is 19.1. The topological polar surface area (TPSA) is 102 Å². The van der Waals surface area contributed by atoms with Crippen LogP contribution in [-0.4, -0.2) is 43.6 Å². The van der Waals surface area contributed by atoms with Crippen molar-refractivity contribution in [2.45, 2.75) is 12.8 Å². The van der Waals surface area contributed by atoms with Crippen LogP contribution in [-0.2, 0) is 0 Å². The zero-order valence-electron chi connectivity index (χ0n) is 21.1. The molecular weight excluding hydrogens is 520 g/mol. The van der Waals surface area contributed by atoms with Gasteiger partial charge in [0.25, 0.3) is 0 Å². The van der Waals surface area contributed by atoms with Crippen molar-refractivity contribution < 1.29 is 18.6 Å². The van der Waals surface area contributed by atoms with Crippen LogP contribution in [0.4, 0.5) is 0 Å². The van der Waals surface area contributed by atoms with Gasteiger partial charge in [-0.05, 0) is 61.5 Å². The highest BCUT2D eigenvalue weighted by molar-refractivity contribution is 6.30. The van der Waals surface area contributed by atoms with Gasteiger partial charge in [0.15, 0.2) is 23.0 Å². The van der Waals surface area contributed by atoms with Crippen LogP contribution < -0.4 is 14.2 Å². The number of hydrogen-bond acceptors (Lipinski definition) is 8. The number of halogens is 1. The molecule has 11 heteroatoms. The lowest BCUT2D eigenvalue weighted by Gasteiger charge is -2.24. The summed E-state index contributed by atoms with van der Waals surface area (Å²) >= 11 is 6.13. The van der Waals surface area contributed by atoms with Crippen LogP contribution in [0.3, 0.4) is 0 Å². The van der Waals surface area contributed by atoms with Gasteiger partial charge in [0.2, 0.25) is 11.8 Å². The first-order valence-corrected chi connectivity index (χ1v) is 12.5. The molecule has 6 aromatic rings. The summed E-state index contributed by atoms with van der Waals surface area (Å²) in [6.45, 7) is 1.95. The number of hydrogen-bond donors (Lipinski definition) is 0. The molecule has 0 fully saturated rings. The molecule has 0 spiro atoms. The summed E-state index contributed by atoms with van der Waals surface area (Å²) < 4.78 is 26.6. The van der Waals surface area contributed by atoms with Crippen LogP contribution in [0.25, 0.3) is 22.7 Å². The largest absolute Gasteiger partial charge is 0.493 e. The number of nitrogens with zero attached hydrogens (tertiary/aromatic N) is 6. The minimum Gasteiger partial charge on any atom is -0.493 e. The maximum absolute atomic E-state index is 6.43. The average Bonchev–Trinajstić information content (AvgIpc) is 3.71. The van der Waals surface area contributed by atoms with Gasteiger partial charge in [-0.3, -0.25) is 0 Å².